The summed E-state index contributed by atoms with van der Waals surface area (Å²) in [6.07, 6.45) is 5.00. The summed E-state index contributed by atoms with van der Waals surface area (Å²) in [5, 5.41) is 11.0. The molecule has 0 saturated heterocycles. The first-order valence-electron chi connectivity index (χ1n) is 6.31. The standard InChI is InChI=1S/C14H13N3O4/c1-2-10-3-4-11(7-13(10)17(19)20)14(18)21-9-12-8-15-5-6-16-12/h3-8H,2,9H2,1H3. The summed E-state index contributed by atoms with van der Waals surface area (Å²) in [6.45, 7) is 1.78. The average Bonchev–Trinajstić information content (AvgIpc) is 2.52. The van der Waals surface area contributed by atoms with Gasteiger partial charge in [-0.3, -0.25) is 20.1 Å². The van der Waals surface area contributed by atoms with Crippen LogP contribution in [-0.2, 0) is 17.8 Å². The van der Waals surface area contributed by atoms with Crippen LogP contribution in [0.5, 0.6) is 0 Å². The van der Waals surface area contributed by atoms with Gasteiger partial charge in [-0.25, -0.2) is 4.79 Å². The topological polar surface area (TPSA) is 95.2 Å². The molecule has 1 aromatic heterocycles. The molecule has 0 aliphatic rings. The van der Waals surface area contributed by atoms with Crippen molar-refractivity contribution < 1.29 is 14.5 Å². The Morgan fingerprint density at radius 3 is 2.81 bits per heavy atom. The number of nitro benzene ring substituents is 1. The van der Waals surface area contributed by atoms with Crippen molar-refractivity contribution in [3.63, 3.8) is 0 Å². The first kappa shape index (κ1) is 14.6. The Kier molecular flexibility index (Phi) is 4.55. The maximum atomic E-state index is 11.9. The number of carbonyl (C=O) groups excluding carboxylic acids is 1. The van der Waals surface area contributed by atoms with E-state index in [1.54, 1.807) is 6.07 Å². The molecule has 2 aromatic rings. The molecule has 0 N–H and O–H groups in total. The van der Waals surface area contributed by atoms with Gasteiger partial charge in [-0.15, -0.1) is 0 Å². The van der Waals surface area contributed by atoms with Crippen LogP contribution in [0.4, 0.5) is 5.69 Å². The molecule has 0 atom stereocenters. The van der Waals surface area contributed by atoms with Crippen LogP contribution in [0.1, 0.15) is 28.5 Å². The van der Waals surface area contributed by atoms with Crippen molar-refractivity contribution in [2.24, 2.45) is 0 Å². The molecule has 1 heterocycles. The zero-order chi connectivity index (χ0) is 15.2. The minimum absolute atomic E-state index is 0.0317. The van der Waals surface area contributed by atoms with Gasteiger partial charge >= 0.3 is 5.97 Å². The lowest BCUT2D eigenvalue weighted by Gasteiger charge is -2.05. The largest absolute Gasteiger partial charge is 0.456 e. The van der Waals surface area contributed by atoms with Gasteiger partial charge in [-0.1, -0.05) is 13.0 Å². The van der Waals surface area contributed by atoms with Gasteiger partial charge in [0.2, 0.25) is 0 Å². The molecule has 108 valence electrons. The molecule has 0 fully saturated rings. The van der Waals surface area contributed by atoms with E-state index in [1.807, 2.05) is 6.92 Å². The second-order valence-corrected chi connectivity index (χ2v) is 4.23. The van der Waals surface area contributed by atoms with E-state index in [9.17, 15) is 14.9 Å². The SMILES string of the molecule is CCc1ccc(C(=O)OCc2cnccn2)cc1[N+](=O)[O-]. The number of nitrogens with zero attached hydrogens (tertiary/aromatic N) is 3. The molecule has 0 bridgehead atoms. The number of aromatic nitrogens is 2. The number of benzene rings is 1. The van der Waals surface area contributed by atoms with E-state index in [-0.39, 0.29) is 17.9 Å². The zero-order valence-electron chi connectivity index (χ0n) is 11.4. The molecule has 2 rings (SSSR count). The normalized spacial score (nSPS) is 10.1. The Labute approximate surface area is 120 Å². The third kappa shape index (κ3) is 3.59. The van der Waals surface area contributed by atoms with Crippen molar-refractivity contribution >= 4 is 11.7 Å². The maximum absolute atomic E-state index is 11.9. The molecule has 0 unspecified atom stereocenters. The highest BCUT2D eigenvalue weighted by Gasteiger charge is 2.17. The van der Waals surface area contributed by atoms with Crippen molar-refractivity contribution in [3.05, 3.63) is 63.7 Å². The second-order valence-electron chi connectivity index (χ2n) is 4.23. The number of rotatable bonds is 5. The van der Waals surface area contributed by atoms with Crippen LogP contribution in [0.15, 0.2) is 36.8 Å². The minimum Gasteiger partial charge on any atom is -0.456 e. The van der Waals surface area contributed by atoms with Gasteiger partial charge in [0.1, 0.15) is 6.61 Å². The first-order chi connectivity index (χ1) is 10.1. The lowest BCUT2D eigenvalue weighted by Crippen LogP contribution is -2.07. The molecule has 0 spiro atoms. The van der Waals surface area contributed by atoms with Crippen LogP contribution in [0, 0.1) is 10.1 Å². The van der Waals surface area contributed by atoms with Crippen LogP contribution in [0.2, 0.25) is 0 Å². The Morgan fingerprint density at radius 1 is 1.38 bits per heavy atom. The summed E-state index contributed by atoms with van der Waals surface area (Å²) in [7, 11) is 0. The second kappa shape index (κ2) is 6.56. The number of ether oxygens (including phenoxy) is 1. The monoisotopic (exact) mass is 287 g/mol. The number of hydrogen-bond acceptors (Lipinski definition) is 6. The smallest absolute Gasteiger partial charge is 0.338 e. The summed E-state index contributed by atoms with van der Waals surface area (Å²) in [4.78, 5) is 30.2. The highest BCUT2D eigenvalue weighted by Crippen LogP contribution is 2.21. The number of hydrogen-bond donors (Lipinski definition) is 0. The van der Waals surface area contributed by atoms with E-state index in [0.717, 1.165) is 0 Å². The summed E-state index contributed by atoms with van der Waals surface area (Å²) >= 11 is 0. The molecule has 1 aromatic carbocycles. The Balaban J connectivity index is 2.12. The van der Waals surface area contributed by atoms with Gasteiger partial charge in [0.05, 0.1) is 22.4 Å². The van der Waals surface area contributed by atoms with Gasteiger partial charge in [0, 0.05) is 24.0 Å². The van der Waals surface area contributed by atoms with Crippen molar-refractivity contribution in [1.82, 2.24) is 9.97 Å². The van der Waals surface area contributed by atoms with E-state index >= 15 is 0 Å². The summed E-state index contributed by atoms with van der Waals surface area (Å²) < 4.78 is 5.06. The van der Waals surface area contributed by atoms with Gasteiger partial charge < -0.3 is 4.74 Å². The number of nitro groups is 1. The van der Waals surface area contributed by atoms with Crippen LogP contribution < -0.4 is 0 Å². The van der Waals surface area contributed by atoms with Gasteiger partial charge in [-0.05, 0) is 12.5 Å². The molecular formula is C14H13N3O4. The minimum atomic E-state index is -0.633. The van der Waals surface area contributed by atoms with Gasteiger partial charge in [0.25, 0.3) is 5.69 Å². The Bertz CT molecular complexity index is 659. The molecular weight excluding hydrogens is 274 g/mol. The third-order valence-corrected chi connectivity index (χ3v) is 2.87. The van der Waals surface area contributed by atoms with E-state index in [2.05, 4.69) is 9.97 Å². The molecule has 0 saturated carbocycles. The lowest BCUT2D eigenvalue weighted by molar-refractivity contribution is -0.385. The molecule has 7 heteroatoms. The molecule has 0 aliphatic heterocycles. The number of aryl methyl sites for hydroxylation is 1. The predicted molar refractivity (Wildman–Crippen MR) is 73.6 cm³/mol. The summed E-state index contributed by atoms with van der Waals surface area (Å²) in [5.41, 5.74) is 1.14. The van der Waals surface area contributed by atoms with Crippen molar-refractivity contribution in [1.29, 1.82) is 0 Å². The van der Waals surface area contributed by atoms with Crippen LogP contribution in [-0.4, -0.2) is 20.9 Å². The number of esters is 1. The van der Waals surface area contributed by atoms with Crippen LogP contribution in [0.3, 0.4) is 0 Å². The summed E-state index contributed by atoms with van der Waals surface area (Å²) in [5.74, 6) is -0.633. The van der Waals surface area contributed by atoms with Crippen molar-refractivity contribution in [2.75, 3.05) is 0 Å². The molecule has 0 aliphatic carbocycles. The number of carbonyl (C=O) groups is 1. The molecule has 0 radical (unpaired) electrons. The zero-order valence-corrected chi connectivity index (χ0v) is 11.4. The highest BCUT2D eigenvalue weighted by atomic mass is 16.6. The Morgan fingerprint density at radius 2 is 2.19 bits per heavy atom. The van der Waals surface area contributed by atoms with E-state index < -0.39 is 10.9 Å². The van der Waals surface area contributed by atoms with Crippen molar-refractivity contribution in [2.45, 2.75) is 20.0 Å². The molecule has 21 heavy (non-hydrogen) atoms. The Hall–Kier alpha value is -2.83. The fourth-order valence-corrected chi connectivity index (χ4v) is 1.79. The quantitative estimate of drug-likeness (QED) is 0.475. The lowest BCUT2D eigenvalue weighted by atomic mass is 10.1. The fraction of sp³-hybridized carbons (Fsp3) is 0.214. The summed E-state index contributed by atoms with van der Waals surface area (Å²) in [6, 6.07) is 4.32. The predicted octanol–water partition coefficient (Wildman–Crippen LogP) is 2.30. The molecule has 0 amide bonds. The van der Waals surface area contributed by atoms with E-state index in [1.165, 1.54) is 30.7 Å². The average molecular weight is 287 g/mol. The van der Waals surface area contributed by atoms with Crippen LogP contribution >= 0.6 is 0 Å². The highest BCUT2D eigenvalue weighted by molar-refractivity contribution is 5.90. The maximum Gasteiger partial charge on any atom is 0.338 e. The van der Waals surface area contributed by atoms with Crippen molar-refractivity contribution in [3.8, 4) is 0 Å². The molecule has 7 nitrogen and oxygen atoms in total. The van der Waals surface area contributed by atoms with E-state index in [0.29, 0.717) is 17.7 Å². The van der Waals surface area contributed by atoms with Gasteiger partial charge in [-0.2, -0.15) is 0 Å². The fourth-order valence-electron chi connectivity index (χ4n) is 1.79. The van der Waals surface area contributed by atoms with Gasteiger partial charge in [0.15, 0.2) is 0 Å². The van der Waals surface area contributed by atoms with Crippen LogP contribution in [0.25, 0.3) is 0 Å². The van der Waals surface area contributed by atoms with E-state index in [4.69, 9.17) is 4.74 Å². The first-order valence-corrected chi connectivity index (χ1v) is 6.31. The third-order valence-electron chi connectivity index (χ3n) is 2.87.